The van der Waals surface area contributed by atoms with E-state index in [0.29, 0.717) is 35.0 Å². The van der Waals surface area contributed by atoms with Crippen molar-refractivity contribution in [2.45, 2.75) is 51.7 Å². The van der Waals surface area contributed by atoms with Gasteiger partial charge in [-0.2, -0.15) is 0 Å². The van der Waals surface area contributed by atoms with Gasteiger partial charge in [-0.05, 0) is 62.2 Å². The van der Waals surface area contributed by atoms with Crippen LogP contribution in [0.15, 0.2) is 42.5 Å². The van der Waals surface area contributed by atoms with E-state index in [1.807, 2.05) is 45.1 Å². The Morgan fingerprint density at radius 2 is 1.85 bits per heavy atom. The van der Waals surface area contributed by atoms with Gasteiger partial charge in [0.25, 0.3) is 0 Å². The number of rotatable bonds is 9. The first-order chi connectivity index (χ1) is 15.8. The Morgan fingerprint density at radius 1 is 1.12 bits per heavy atom. The van der Waals surface area contributed by atoms with Crippen LogP contribution in [0.4, 0.5) is 0 Å². The maximum absolute atomic E-state index is 12.1. The first-order valence-electron chi connectivity index (χ1n) is 11.1. The topological polar surface area (TPSA) is 74.2 Å². The van der Waals surface area contributed by atoms with Crippen molar-refractivity contribution < 1.29 is 28.8 Å². The van der Waals surface area contributed by atoms with Crippen molar-refractivity contribution in [3.05, 3.63) is 59.2 Å². The fourth-order valence-corrected chi connectivity index (χ4v) is 3.54. The Labute approximate surface area is 195 Å². The highest BCUT2D eigenvalue weighted by Gasteiger charge is 2.27. The van der Waals surface area contributed by atoms with Crippen molar-refractivity contribution >= 4 is 18.1 Å². The highest BCUT2D eigenvalue weighted by Crippen LogP contribution is 2.42. The average Bonchev–Trinajstić information content (AvgIpc) is 2.79. The van der Waals surface area contributed by atoms with E-state index in [2.05, 4.69) is 0 Å². The first-order valence-corrected chi connectivity index (χ1v) is 11.1. The molecule has 0 saturated carbocycles. The average molecular weight is 453 g/mol. The Morgan fingerprint density at radius 3 is 2.55 bits per heavy atom. The molecule has 0 fully saturated rings. The van der Waals surface area contributed by atoms with E-state index in [9.17, 15) is 9.90 Å². The number of carbonyl (C=O) groups is 1. The Hall–Kier alpha value is -3.25. The molecule has 2 aromatic carbocycles. The molecule has 0 aromatic heterocycles. The van der Waals surface area contributed by atoms with Crippen LogP contribution in [0.25, 0.3) is 12.2 Å². The number of benzene rings is 2. The van der Waals surface area contributed by atoms with Crippen LogP contribution in [0, 0.1) is 0 Å². The minimum absolute atomic E-state index is 0.297. The number of methoxy groups -OCH3 is 2. The number of hydrogen-bond donors (Lipinski definition) is 1. The molecular weight excluding hydrogens is 420 g/mol. The number of fused-ring (bicyclic) bond motifs is 1. The second-order valence-electron chi connectivity index (χ2n) is 8.43. The molecule has 0 radical (unpaired) electrons. The number of unbranched alkanes of at least 4 members (excludes halogenated alkanes) is 1. The SMILES string of the molecule is CCCCC(=O)Oc1cc(C=CC(O)c2ccc(OC)c3c2OC(C)(C)C=C3)ccc1OC. The summed E-state index contributed by atoms with van der Waals surface area (Å²) in [6.07, 6.45) is 8.49. The number of ether oxygens (including phenoxy) is 4. The summed E-state index contributed by atoms with van der Waals surface area (Å²) in [4.78, 5) is 12.1. The third-order valence-corrected chi connectivity index (χ3v) is 5.36. The number of aliphatic hydroxyl groups is 1. The van der Waals surface area contributed by atoms with E-state index in [1.165, 1.54) is 7.11 Å². The summed E-state index contributed by atoms with van der Waals surface area (Å²) in [5.74, 6) is 1.81. The molecule has 2 aromatic rings. The molecule has 1 aliphatic rings. The molecule has 33 heavy (non-hydrogen) atoms. The van der Waals surface area contributed by atoms with Gasteiger partial charge in [0.05, 0.1) is 19.8 Å². The zero-order valence-corrected chi connectivity index (χ0v) is 19.9. The summed E-state index contributed by atoms with van der Waals surface area (Å²) in [6, 6.07) is 8.91. The lowest BCUT2D eigenvalue weighted by molar-refractivity contribution is -0.134. The molecule has 6 nitrogen and oxygen atoms in total. The second kappa shape index (κ2) is 10.6. The van der Waals surface area contributed by atoms with Gasteiger partial charge in [-0.3, -0.25) is 4.79 Å². The van der Waals surface area contributed by atoms with Gasteiger partial charge in [0, 0.05) is 12.0 Å². The molecule has 0 bridgehead atoms. The van der Waals surface area contributed by atoms with Crippen LogP contribution in [0.1, 0.15) is 62.8 Å². The Balaban J connectivity index is 1.85. The van der Waals surface area contributed by atoms with Crippen molar-refractivity contribution in [2.24, 2.45) is 0 Å². The van der Waals surface area contributed by atoms with Gasteiger partial charge in [-0.25, -0.2) is 0 Å². The minimum Gasteiger partial charge on any atom is -0.496 e. The van der Waals surface area contributed by atoms with E-state index < -0.39 is 11.7 Å². The summed E-state index contributed by atoms with van der Waals surface area (Å²) in [7, 11) is 3.14. The van der Waals surface area contributed by atoms with Crippen LogP contribution in [0.2, 0.25) is 0 Å². The largest absolute Gasteiger partial charge is 0.496 e. The normalized spacial score (nSPS) is 15.0. The fourth-order valence-electron chi connectivity index (χ4n) is 3.54. The summed E-state index contributed by atoms with van der Waals surface area (Å²) >= 11 is 0. The molecular formula is C27H32O6. The molecule has 3 rings (SSSR count). The van der Waals surface area contributed by atoms with Crippen molar-refractivity contribution in [1.82, 2.24) is 0 Å². The summed E-state index contributed by atoms with van der Waals surface area (Å²) < 4.78 is 22.4. The Bertz CT molecular complexity index is 1050. The monoisotopic (exact) mass is 452 g/mol. The van der Waals surface area contributed by atoms with Gasteiger partial charge in [0.15, 0.2) is 11.5 Å². The lowest BCUT2D eigenvalue weighted by atomic mass is 9.96. The van der Waals surface area contributed by atoms with Gasteiger partial charge in [-0.1, -0.05) is 31.6 Å². The summed E-state index contributed by atoms with van der Waals surface area (Å²) in [5.41, 5.74) is 1.70. The second-order valence-corrected chi connectivity index (χ2v) is 8.43. The van der Waals surface area contributed by atoms with Crippen molar-refractivity contribution in [1.29, 1.82) is 0 Å². The van der Waals surface area contributed by atoms with Crippen molar-refractivity contribution in [3.8, 4) is 23.0 Å². The predicted octanol–water partition coefficient (Wildman–Crippen LogP) is 5.73. The third-order valence-electron chi connectivity index (χ3n) is 5.36. The summed E-state index contributed by atoms with van der Waals surface area (Å²) in [5, 5.41) is 10.9. The first kappa shape index (κ1) is 24.4. The fraction of sp³-hybridized carbons (Fsp3) is 0.370. The molecule has 1 heterocycles. The van der Waals surface area contributed by atoms with Crippen LogP contribution in [-0.4, -0.2) is 30.9 Å². The minimum atomic E-state index is -0.912. The highest BCUT2D eigenvalue weighted by atomic mass is 16.6. The van der Waals surface area contributed by atoms with Crippen LogP contribution in [-0.2, 0) is 4.79 Å². The van der Waals surface area contributed by atoms with Gasteiger partial charge >= 0.3 is 5.97 Å². The van der Waals surface area contributed by atoms with E-state index >= 15 is 0 Å². The van der Waals surface area contributed by atoms with Gasteiger partial charge < -0.3 is 24.1 Å². The molecule has 6 heteroatoms. The van der Waals surface area contributed by atoms with Crippen LogP contribution < -0.4 is 18.9 Å². The molecule has 0 aliphatic carbocycles. The molecule has 0 saturated heterocycles. The smallest absolute Gasteiger partial charge is 0.311 e. The molecule has 1 unspecified atom stereocenters. The number of carbonyl (C=O) groups excluding carboxylic acids is 1. The number of hydrogen-bond acceptors (Lipinski definition) is 6. The standard InChI is InChI=1S/C27H32O6/c1-6-7-8-25(29)32-24-17-18(10-13-23(24)31-5)9-12-21(28)19-11-14-22(30-4)20-15-16-27(2,3)33-26(19)20/h9-17,21,28H,6-8H2,1-5H3. The van der Waals surface area contributed by atoms with E-state index in [4.69, 9.17) is 18.9 Å². The quantitative estimate of drug-likeness (QED) is 0.387. The summed E-state index contributed by atoms with van der Waals surface area (Å²) in [6.45, 7) is 5.93. The molecule has 1 atom stereocenters. The van der Waals surface area contributed by atoms with Gasteiger partial charge in [-0.15, -0.1) is 0 Å². The molecule has 0 spiro atoms. The van der Waals surface area contributed by atoms with Crippen LogP contribution in [0.5, 0.6) is 23.0 Å². The third kappa shape index (κ3) is 5.96. The van der Waals surface area contributed by atoms with Crippen molar-refractivity contribution in [2.75, 3.05) is 14.2 Å². The Kier molecular flexibility index (Phi) is 7.82. The number of esters is 1. The molecule has 0 amide bonds. The molecule has 1 N–H and O–H groups in total. The van der Waals surface area contributed by atoms with Gasteiger partial charge in [0.1, 0.15) is 23.2 Å². The zero-order valence-electron chi connectivity index (χ0n) is 19.9. The van der Waals surface area contributed by atoms with Crippen LogP contribution in [0.3, 0.4) is 0 Å². The van der Waals surface area contributed by atoms with E-state index in [-0.39, 0.29) is 5.97 Å². The van der Waals surface area contributed by atoms with E-state index in [1.54, 1.807) is 37.5 Å². The molecule has 1 aliphatic heterocycles. The maximum Gasteiger partial charge on any atom is 0.311 e. The zero-order chi connectivity index (χ0) is 24.0. The van der Waals surface area contributed by atoms with E-state index in [0.717, 1.165) is 24.0 Å². The number of aliphatic hydroxyl groups excluding tert-OH is 1. The molecule has 176 valence electrons. The predicted molar refractivity (Wildman–Crippen MR) is 129 cm³/mol. The maximum atomic E-state index is 12.1. The lowest BCUT2D eigenvalue weighted by Gasteiger charge is -2.31. The highest BCUT2D eigenvalue weighted by molar-refractivity contribution is 5.74. The van der Waals surface area contributed by atoms with Crippen molar-refractivity contribution in [3.63, 3.8) is 0 Å². The van der Waals surface area contributed by atoms with Gasteiger partial charge in [0.2, 0.25) is 0 Å². The lowest BCUT2D eigenvalue weighted by Crippen LogP contribution is -2.28. The van der Waals surface area contributed by atoms with Crippen LogP contribution >= 0.6 is 0 Å².